The van der Waals surface area contributed by atoms with Crippen molar-refractivity contribution in [3.8, 4) is 0 Å². The molecule has 4 heteroatoms. The van der Waals surface area contributed by atoms with E-state index in [4.69, 9.17) is 0 Å². The average molecular weight is 300 g/mol. The van der Waals surface area contributed by atoms with Gasteiger partial charge in [-0.05, 0) is 55.8 Å². The lowest BCUT2D eigenvalue weighted by Crippen LogP contribution is -2.27. The predicted octanol–water partition coefficient (Wildman–Crippen LogP) is 3.99. The van der Waals surface area contributed by atoms with Gasteiger partial charge in [0.25, 0.3) is 0 Å². The number of nitrogens with zero attached hydrogens (tertiary/aromatic N) is 1. The molecule has 2 aromatic carbocycles. The van der Waals surface area contributed by atoms with Gasteiger partial charge in [0, 0.05) is 30.9 Å². The molecule has 0 fully saturated rings. The number of hydrogen-bond acceptors (Lipinski definition) is 2. The Morgan fingerprint density at radius 1 is 1.18 bits per heavy atom. The standard InChI is InChI=1S/C18H21FN2O/c1-3-21(17-6-4-5-14(2)13-17)12-11-18(22)20-16-9-7-15(19)8-10-16/h4-10,13H,3,11-12H2,1-2H3,(H,20,22). The highest BCUT2D eigenvalue weighted by atomic mass is 19.1. The van der Waals surface area contributed by atoms with Gasteiger partial charge in [-0.15, -0.1) is 0 Å². The molecule has 116 valence electrons. The predicted molar refractivity (Wildman–Crippen MR) is 88.7 cm³/mol. The van der Waals surface area contributed by atoms with Gasteiger partial charge in [-0.3, -0.25) is 4.79 Å². The molecule has 0 unspecified atom stereocenters. The molecule has 0 saturated heterocycles. The number of carbonyl (C=O) groups excluding carboxylic acids is 1. The molecule has 1 amide bonds. The highest BCUT2D eigenvalue weighted by Gasteiger charge is 2.08. The number of hydrogen-bond donors (Lipinski definition) is 1. The maximum absolute atomic E-state index is 12.8. The van der Waals surface area contributed by atoms with E-state index in [0.29, 0.717) is 18.7 Å². The monoisotopic (exact) mass is 300 g/mol. The van der Waals surface area contributed by atoms with E-state index < -0.39 is 0 Å². The summed E-state index contributed by atoms with van der Waals surface area (Å²) in [6, 6.07) is 14.0. The van der Waals surface area contributed by atoms with Crippen molar-refractivity contribution in [3.63, 3.8) is 0 Å². The second kappa shape index (κ2) is 7.59. The summed E-state index contributed by atoms with van der Waals surface area (Å²) in [5, 5.41) is 2.78. The molecular formula is C18H21FN2O. The van der Waals surface area contributed by atoms with Crippen LogP contribution >= 0.6 is 0 Å². The molecule has 0 spiro atoms. The lowest BCUT2D eigenvalue weighted by atomic mass is 10.2. The second-order valence-corrected chi connectivity index (χ2v) is 5.22. The van der Waals surface area contributed by atoms with Crippen molar-refractivity contribution in [1.29, 1.82) is 0 Å². The van der Waals surface area contributed by atoms with Gasteiger partial charge in [-0.2, -0.15) is 0 Å². The number of nitrogens with one attached hydrogen (secondary N) is 1. The quantitative estimate of drug-likeness (QED) is 0.875. The number of rotatable bonds is 6. The molecule has 0 aliphatic rings. The number of halogens is 1. The van der Waals surface area contributed by atoms with E-state index in [-0.39, 0.29) is 11.7 Å². The van der Waals surface area contributed by atoms with Crippen LogP contribution in [0, 0.1) is 12.7 Å². The largest absolute Gasteiger partial charge is 0.371 e. The highest BCUT2D eigenvalue weighted by Crippen LogP contribution is 2.16. The van der Waals surface area contributed by atoms with Crippen LogP contribution in [0.4, 0.5) is 15.8 Å². The Bertz CT molecular complexity index is 625. The van der Waals surface area contributed by atoms with E-state index >= 15 is 0 Å². The van der Waals surface area contributed by atoms with Crippen LogP contribution in [0.5, 0.6) is 0 Å². The summed E-state index contributed by atoms with van der Waals surface area (Å²) in [5.74, 6) is -0.382. The minimum Gasteiger partial charge on any atom is -0.371 e. The van der Waals surface area contributed by atoms with E-state index in [2.05, 4.69) is 36.2 Å². The summed E-state index contributed by atoms with van der Waals surface area (Å²) in [6.45, 7) is 5.61. The molecule has 22 heavy (non-hydrogen) atoms. The number of aryl methyl sites for hydroxylation is 1. The fraction of sp³-hybridized carbons (Fsp3) is 0.278. The van der Waals surface area contributed by atoms with Gasteiger partial charge in [0.15, 0.2) is 0 Å². The molecule has 2 rings (SSSR count). The third-order valence-electron chi connectivity index (χ3n) is 3.49. The van der Waals surface area contributed by atoms with Crippen LogP contribution in [-0.4, -0.2) is 19.0 Å². The van der Waals surface area contributed by atoms with Crippen LogP contribution in [0.3, 0.4) is 0 Å². The minimum absolute atomic E-state index is 0.0716. The second-order valence-electron chi connectivity index (χ2n) is 5.22. The van der Waals surface area contributed by atoms with Crippen molar-refractivity contribution < 1.29 is 9.18 Å². The van der Waals surface area contributed by atoms with E-state index in [1.165, 1.54) is 17.7 Å². The van der Waals surface area contributed by atoms with Crippen LogP contribution < -0.4 is 10.2 Å². The van der Waals surface area contributed by atoms with Crippen molar-refractivity contribution in [1.82, 2.24) is 0 Å². The van der Waals surface area contributed by atoms with Gasteiger partial charge in [-0.25, -0.2) is 4.39 Å². The summed E-state index contributed by atoms with van der Waals surface area (Å²) in [4.78, 5) is 14.1. The molecular weight excluding hydrogens is 279 g/mol. The lowest BCUT2D eigenvalue weighted by molar-refractivity contribution is -0.116. The first-order chi connectivity index (χ1) is 10.6. The number of carbonyl (C=O) groups is 1. The Kier molecular flexibility index (Phi) is 5.53. The molecule has 0 aliphatic heterocycles. The molecule has 0 atom stereocenters. The lowest BCUT2D eigenvalue weighted by Gasteiger charge is -2.23. The molecule has 0 aliphatic carbocycles. The van der Waals surface area contributed by atoms with Crippen LogP contribution in [0.2, 0.25) is 0 Å². The number of anilines is 2. The third kappa shape index (κ3) is 4.58. The molecule has 1 N–H and O–H groups in total. The van der Waals surface area contributed by atoms with Crippen molar-refractivity contribution in [2.75, 3.05) is 23.3 Å². The zero-order chi connectivity index (χ0) is 15.9. The normalized spacial score (nSPS) is 10.3. The maximum atomic E-state index is 12.8. The smallest absolute Gasteiger partial charge is 0.226 e. The molecule has 2 aromatic rings. The molecule has 0 aromatic heterocycles. The van der Waals surface area contributed by atoms with E-state index in [1.807, 2.05) is 12.1 Å². The van der Waals surface area contributed by atoms with Gasteiger partial charge in [0.2, 0.25) is 5.91 Å². The molecule has 3 nitrogen and oxygen atoms in total. The summed E-state index contributed by atoms with van der Waals surface area (Å²) in [7, 11) is 0. The summed E-state index contributed by atoms with van der Waals surface area (Å²) in [5.41, 5.74) is 2.94. The van der Waals surface area contributed by atoms with Gasteiger partial charge < -0.3 is 10.2 Å². The Hall–Kier alpha value is -2.36. The van der Waals surface area contributed by atoms with Gasteiger partial charge in [0.1, 0.15) is 5.82 Å². The minimum atomic E-state index is -0.311. The van der Waals surface area contributed by atoms with Crippen molar-refractivity contribution in [2.45, 2.75) is 20.3 Å². The molecule has 0 heterocycles. The van der Waals surface area contributed by atoms with Crippen LogP contribution in [0.1, 0.15) is 18.9 Å². The molecule has 0 radical (unpaired) electrons. The number of benzene rings is 2. The molecule has 0 saturated carbocycles. The average Bonchev–Trinajstić information content (AvgIpc) is 2.50. The topological polar surface area (TPSA) is 32.3 Å². The van der Waals surface area contributed by atoms with E-state index in [0.717, 1.165) is 12.2 Å². The SMILES string of the molecule is CCN(CCC(=O)Nc1ccc(F)cc1)c1cccc(C)c1. The van der Waals surface area contributed by atoms with Crippen molar-refractivity contribution >= 4 is 17.3 Å². The van der Waals surface area contributed by atoms with Crippen LogP contribution in [0.15, 0.2) is 48.5 Å². The fourth-order valence-corrected chi connectivity index (χ4v) is 2.29. The first kappa shape index (κ1) is 16.0. The highest BCUT2D eigenvalue weighted by molar-refractivity contribution is 5.91. The first-order valence-electron chi connectivity index (χ1n) is 7.45. The Labute approximate surface area is 130 Å². The van der Waals surface area contributed by atoms with Gasteiger partial charge >= 0.3 is 0 Å². The Morgan fingerprint density at radius 3 is 2.55 bits per heavy atom. The van der Waals surface area contributed by atoms with Crippen LogP contribution in [0.25, 0.3) is 0 Å². The van der Waals surface area contributed by atoms with E-state index in [1.54, 1.807) is 12.1 Å². The van der Waals surface area contributed by atoms with Crippen LogP contribution in [-0.2, 0) is 4.79 Å². The zero-order valence-corrected chi connectivity index (χ0v) is 13.0. The Morgan fingerprint density at radius 2 is 1.91 bits per heavy atom. The molecule has 0 bridgehead atoms. The number of amides is 1. The Balaban J connectivity index is 1.90. The zero-order valence-electron chi connectivity index (χ0n) is 13.0. The van der Waals surface area contributed by atoms with Crippen molar-refractivity contribution in [3.05, 3.63) is 59.9 Å². The fourth-order valence-electron chi connectivity index (χ4n) is 2.29. The maximum Gasteiger partial charge on any atom is 0.226 e. The summed E-state index contributed by atoms with van der Waals surface area (Å²) >= 11 is 0. The summed E-state index contributed by atoms with van der Waals surface area (Å²) < 4.78 is 12.8. The van der Waals surface area contributed by atoms with Gasteiger partial charge in [-0.1, -0.05) is 12.1 Å². The van der Waals surface area contributed by atoms with Crippen molar-refractivity contribution in [2.24, 2.45) is 0 Å². The van der Waals surface area contributed by atoms with E-state index in [9.17, 15) is 9.18 Å². The first-order valence-corrected chi connectivity index (χ1v) is 7.45. The van der Waals surface area contributed by atoms with Gasteiger partial charge in [0.05, 0.1) is 0 Å². The summed E-state index contributed by atoms with van der Waals surface area (Å²) in [6.07, 6.45) is 0.388. The third-order valence-corrected chi connectivity index (χ3v) is 3.49.